The van der Waals surface area contributed by atoms with Crippen molar-refractivity contribution in [2.75, 3.05) is 31.5 Å². The number of nitrogens with one attached hydrogen (secondary N) is 1. The summed E-state index contributed by atoms with van der Waals surface area (Å²) in [6, 6.07) is 9.93. The number of likely N-dealkylation sites (tertiary alicyclic amines) is 1. The quantitative estimate of drug-likeness (QED) is 0.313. The van der Waals surface area contributed by atoms with Gasteiger partial charge in [-0.3, -0.25) is 4.99 Å². The van der Waals surface area contributed by atoms with E-state index in [1.807, 2.05) is 30.3 Å². The van der Waals surface area contributed by atoms with Crippen molar-refractivity contribution in [2.24, 2.45) is 22.6 Å². The topological polar surface area (TPSA) is 53.6 Å². The molecular formula is C18H31IN4. The molecule has 1 heterocycles. The first-order chi connectivity index (χ1) is 10.6. The van der Waals surface area contributed by atoms with Gasteiger partial charge in [0.2, 0.25) is 0 Å². The molecule has 130 valence electrons. The fourth-order valence-electron chi connectivity index (χ4n) is 3.33. The molecule has 1 saturated heterocycles. The van der Waals surface area contributed by atoms with Crippen molar-refractivity contribution in [3.8, 4) is 0 Å². The fraction of sp³-hybridized carbons (Fsp3) is 0.611. The summed E-state index contributed by atoms with van der Waals surface area (Å²) >= 11 is 0. The number of piperidine rings is 1. The highest BCUT2D eigenvalue weighted by molar-refractivity contribution is 14.0. The molecule has 23 heavy (non-hydrogen) atoms. The Bertz CT molecular complexity index is 453. The molecule has 0 aromatic heterocycles. The second kappa shape index (κ2) is 10.9. The Morgan fingerprint density at radius 3 is 2.48 bits per heavy atom. The lowest BCUT2D eigenvalue weighted by molar-refractivity contribution is 0.139. The Kier molecular flexibility index (Phi) is 9.55. The number of guanidine groups is 1. The monoisotopic (exact) mass is 430 g/mol. The normalized spacial score (nSPS) is 22.4. The van der Waals surface area contributed by atoms with Gasteiger partial charge in [0.15, 0.2) is 5.96 Å². The van der Waals surface area contributed by atoms with Gasteiger partial charge < -0.3 is 16.0 Å². The van der Waals surface area contributed by atoms with E-state index < -0.39 is 0 Å². The molecule has 1 aromatic carbocycles. The van der Waals surface area contributed by atoms with E-state index in [4.69, 9.17) is 5.73 Å². The first-order valence-electron chi connectivity index (χ1n) is 8.48. The molecule has 3 N–H and O–H groups in total. The van der Waals surface area contributed by atoms with Crippen LogP contribution in [0.5, 0.6) is 0 Å². The van der Waals surface area contributed by atoms with Crippen LogP contribution in [-0.4, -0.2) is 37.0 Å². The third-order valence-corrected chi connectivity index (χ3v) is 4.16. The molecule has 5 heteroatoms. The summed E-state index contributed by atoms with van der Waals surface area (Å²) in [5, 5.41) is 3.11. The molecule has 1 aliphatic heterocycles. The van der Waals surface area contributed by atoms with Crippen LogP contribution in [0.4, 0.5) is 5.69 Å². The molecule has 1 fully saturated rings. The van der Waals surface area contributed by atoms with Crippen molar-refractivity contribution < 1.29 is 0 Å². The predicted octanol–water partition coefficient (Wildman–Crippen LogP) is 3.79. The lowest BCUT2D eigenvalue weighted by atomic mass is 9.92. The number of nitrogens with zero attached hydrogens (tertiary/aromatic N) is 2. The highest BCUT2D eigenvalue weighted by atomic mass is 127. The molecule has 2 unspecified atom stereocenters. The number of benzene rings is 1. The van der Waals surface area contributed by atoms with E-state index >= 15 is 0 Å². The number of aliphatic imine (C=N–C) groups is 1. The number of nitrogens with two attached hydrogens (primary N) is 1. The minimum Gasteiger partial charge on any atom is -0.370 e. The van der Waals surface area contributed by atoms with E-state index in [-0.39, 0.29) is 24.0 Å². The molecule has 0 bridgehead atoms. The fourth-order valence-corrected chi connectivity index (χ4v) is 3.33. The van der Waals surface area contributed by atoms with E-state index in [9.17, 15) is 0 Å². The van der Waals surface area contributed by atoms with Gasteiger partial charge in [0.05, 0.1) is 0 Å². The Morgan fingerprint density at radius 2 is 1.83 bits per heavy atom. The van der Waals surface area contributed by atoms with Gasteiger partial charge in [-0.15, -0.1) is 24.0 Å². The molecule has 1 aliphatic rings. The van der Waals surface area contributed by atoms with Crippen LogP contribution < -0.4 is 11.1 Å². The van der Waals surface area contributed by atoms with Crippen molar-refractivity contribution in [2.45, 2.75) is 33.1 Å². The molecular weight excluding hydrogens is 399 g/mol. The van der Waals surface area contributed by atoms with E-state index in [0.717, 1.165) is 30.5 Å². The van der Waals surface area contributed by atoms with Gasteiger partial charge in [-0.2, -0.15) is 0 Å². The van der Waals surface area contributed by atoms with Gasteiger partial charge in [-0.05, 0) is 49.8 Å². The molecule has 2 rings (SSSR count). The second-order valence-corrected chi connectivity index (χ2v) is 6.67. The van der Waals surface area contributed by atoms with Gasteiger partial charge in [-0.25, -0.2) is 0 Å². The molecule has 4 nitrogen and oxygen atoms in total. The SMILES string of the molecule is CC1CC(C)CN(CCCCN=C(N)Nc2ccccc2)C1.I. The van der Waals surface area contributed by atoms with Gasteiger partial charge in [-0.1, -0.05) is 32.0 Å². The highest BCUT2D eigenvalue weighted by Gasteiger charge is 2.20. The van der Waals surface area contributed by atoms with Crippen LogP contribution in [0.3, 0.4) is 0 Å². The molecule has 2 atom stereocenters. The maximum absolute atomic E-state index is 5.90. The lowest BCUT2D eigenvalue weighted by Gasteiger charge is -2.34. The number of hydrogen-bond donors (Lipinski definition) is 2. The Balaban J connectivity index is 0.00000264. The number of hydrogen-bond acceptors (Lipinski definition) is 2. The smallest absolute Gasteiger partial charge is 0.193 e. The summed E-state index contributed by atoms with van der Waals surface area (Å²) in [7, 11) is 0. The van der Waals surface area contributed by atoms with Crippen molar-refractivity contribution in [1.29, 1.82) is 0 Å². The lowest BCUT2D eigenvalue weighted by Crippen LogP contribution is -2.39. The first-order valence-corrected chi connectivity index (χ1v) is 8.48. The summed E-state index contributed by atoms with van der Waals surface area (Å²) in [5.74, 6) is 2.19. The zero-order valence-corrected chi connectivity index (χ0v) is 16.7. The van der Waals surface area contributed by atoms with E-state index in [1.165, 1.54) is 32.5 Å². The van der Waals surface area contributed by atoms with Gasteiger partial charge in [0.25, 0.3) is 0 Å². The average Bonchev–Trinajstić information content (AvgIpc) is 2.47. The summed E-state index contributed by atoms with van der Waals surface area (Å²) in [6.45, 7) is 9.23. The molecule has 1 aromatic rings. The summed E-state index contributed by atoms with van der Waals surface area (Å²) < 4.78 is 0. The number of para-hydroxylation sites is 1. The molecule has 0 saturated carbocycles. The van der Waals surface area contributed by atoms with Crippen molar-refractivity contribution >= 4 is 35.6 Å². The average molecular weight is 430 g/mol. The van der Waals surface area contributed by atoms with Crippen LogP contribution in [0.2, 0.25) is 0 Å². The summed E-state index contributed by atoms with van der Waals surface area (Å²) in [4.78, 5) is 7.00. The number of anilines is 1. The maximum Gasteiger partial charge on any atom is 0.193 e. The van der Waals surface area contributed by atoms with Crippen LogP contribution in [0.15, 0.2) is 35.3 Å². The molecule has 0 amide bonds. The van der Waals surface area contributed by atoms with Crippen LogP contribution in [0, 0.1) is 11.8 Å². The van der Waals surface area contributed by atoms with Crippen molar-refractivity contribution in [3.63, 3.8) is 0 Å². The molecule has 0 aliphatic carbocycles. The van der Waals surface area contributed by atoms with Crippen LogP contribution in [0.1, 0.15) is 33.1 Å². The Morgan fingerprint density at radius 1 is 1.17 bits per heavy atom. The zero-order chi connectivity index (χ0) is 15.8. The van der Waals surface area contributed by atoms with E-state index in [1.54, 1.807) is 0 Å². The standard InChI is InChI=1S/C18H30N4.HI/c1-15-12-16(2)14-22(13-15)11-7-6-10-20-18(19)21-17-8-4-3-5-9-17;/h3-5,8-9,15-16H,6-7,10-14H2,1-2H3,(H3,19,20,21);1H. The number of halogens is 1. The molecule has 0 radical (unpaired) electrons. The van der Waals surface area contributed by atoms with E-state index in [0.29, 0.717) is 5.96 Å². The minimum absolute atomic E-state index is 0. The van der Waals surface area contributed by atoms with Crippen LogP contribution in [-0.2, 0) is 0 Å². The van der Waals surface area contributed by atoms with E-state index in [2.05, 4.69) is 29.1 Å². The number of unbranched alkanes of at least 4 members (excludes halogenated alkanes) is 1. The largest absolute Gasteiger partial charge is 0.370 e. The second-order valence-electron chi connectivity index (χ2n) is 6.67. The molecule has 0 spiro atoms. The third-order valence-electron chi connectivity index (χ3n) is 4.16. The predicted molar refractivity (Wildman–Crippen MR) is 111 cm³/mol. The van der Waals surface area contributed by atoms with Crippen LogP contribution in [0.25, 0.3) is 0 Å². The third kappa shape index (κ3) is 8.01. The van der Waals surface area contributed by atoms with Crippen molar-refractivity contribution in [1.82, 2.24) is 4.90 Å². The highest BCUT2D eigenvalue weighted by Crippen LogP contribution is 2.20. The van der Waals surface area contributed by atoms with Crippen molar-refractivity contribution in [3.05, 3.63) is 30.3 Å². The van der Waals surface area contributed by atoms with Gasteiger partial charge in [0.1, 0.15) is 0 Å². The van der Waals surface area contributed by atoms with Crippen LogP contribution >= 0.6 is 24.0 Å². The van der Waals surface area contributed by atoms with Gasteiger partial charge in [0, 0.05) is 25.3 Å². The van der Waals surface area contributed by atoms with Gasteiger partial charge >= 0.3 is 0 Å². The maximum atomic E-state index is 5.90. The summed E-state index contributed by atoms with van der Waals surface area (Å²) in [5.41, 5.74) is 6.88. The Hall–Kier alpha value is -0.820. The number of rotatable bonds is 6. The minimum atomic E-state index is 0. The zero-order valence-electron chi connectivity index (χ0n) is 14.4. The first kappa shape index (κ1) is 20.2. The summed E-state index contributed by atoms with van der Waals surface area (Å²) in [6.07, 6.45) is 3.67. The Labute approximate surface area is 157 Å².